The summed E-state index contributed by atoms with van der Waals surface area (Å²) in [4.78, 5) is 22.1. The van der Waals surface area contributed by atoms with Gasteiger partial charge in [0.2, 0.25) is 0 Å². The second kappa shape index (κ2) is 7.32. The van der Waals surface area contributed by atoms with Crippen molar-refractivity contribution < 1.29 is 4.79 Å². The summed E-state index contributed by atoms with van der Waals surface area (Å²) in [5.74, 6) is -0.126. The maximum atomic E-state index is 12.7. The lowest BCUT2D eigenvalue weighted by Crippen LogP contribution is -2.36. The largest absolute Gasteiger partial charge is 0.346 e. The van der Waals surface area contributed by atoms with Gasteiger partial charge in [0, 0.05) is 23.2 Å². The molecule has 0 unspecified atom stereocenters. The Bertz CT molecular complexity index is 1050. The van der Waals surface area contributed by atoms with Crippen molar-refractivity contribution in [2.75, 3.05) is 0 Å². The van der Waals surface area contributed by atoms with Crippen LogP contribution in [0.1, 0.15) is 29.9 Å². The maximum Gasteiger partial charge on any atom is 0.269 e. The number of aryl methyl sites for hydroxylation is 1. The summed E-state index contributed by atoms with van der Waals surface area (Å²) in [7, 11) is 0. The van der Waals surface area contributed by atoms with E-state index >= 15 is 0 Å². The molecule has 3 heterocycles. The number of nitrogens with zero attached hydrogens (tertiary/aromatic N) is 5. The third kappa shape index (κ3) is 3.61. The third-order valence-corrected chi connectivity index (χ3v) is 5.24. The van der Waals surface area contributed by atoms with Gasteiger partial charge < -0.3 is 5.32 Å². The van der Waals surface area contributed by atoms with Crippen molar-refractivity contribution in [3.63, 3.8) is 0 Å². The van der Waals surface area contributed by atoms with Gasteiger partial charge in [-0.15, -0.1) is 11.3 Å². The average molecular weight is 380 g/mol. The molecule has 0 bridgehead atoms. The van der Waals surface area contributed by atoms with Crippen molar-refractivity contribution in [1.82, 2.24) is 29.5 Å². The van der Waals surface area contributed by atoms with Gasteiger partial charge in [-0.05, 0) is 18.9 Å². The molecule has 0 saturated carbocycles. The molecule has 0 fully saturated rings. The smallest absolute Gasteiger partial charge is 0.269 e. The molecule has 1 N–H and O–H groups in total. The Morgan fingerprint density at radius 2 is 2.11 bits per heavy atom. The van der Waals surface area contributed by atoms with Gasteiger partial charge in [0.1, 0.15) is 18.3 Å². The first-order valence-electron chi connectivity index (χ1n) is 8.83. The van der Waals surface area contributed by atoms with Crippen LogP contribution in [-0.4, -0.2) is 36.1 Å². The number of carbonyl (C=O) groups excluding carboxylic acids is 1. The number of thiazole rings is 1. The fourth-order valence-corrected chi connectivity index (χ4v) is 3.80. The molecule has 4 rings (SSSR count). The summed E-state index contributed by atoms with van der Waals surface area (Å²) >= 11 is 1.46. The molecule has 1 amide bonds. The van der Waals surface area contributed by atoms with Gasteiger partial charge in [-0.1, -0.05) is 31.2 Å². The van der Waals surface area contributed by atoms with Crippen molar-refractivity contribution in [3.05, 3.63) is 59.8 Å². The number of fused-ring (bicyclic) bond motifs is 1. The third-order valence-electron chi connectivity index (χ3n) is 4.40. The molecular weight excluding hydrogens is 360 g/mol. The highest BCUT2D eigenvalue weighted by Crippen LogP contribution is 2.24. The number of benzene rings is 1. The fourth-order valence-electron chi connectivity index (χ4n) is 2.95. The minimum absolute atomic E-state index is 0.0706. The lowest BCUT2D eigenvalue weighted by atomic mass is 10.1. The first-order valence-corrected chi connectivity index (χ1v) is 9.71. The molecule has 0 radical (unpaired) electrons. The van der Waals surface area contributed by atoms with Crippen LogP contribution < -0.4 is 5.32 Å². The number of carbonyl (C=O) groups is 1. The molecule has 0 aliphatic rings. The van der Waals surface area contributed by atoms with Crippen LogP contribution in [0.4, 0.5) is 0 Å². The van der Waals surface area contributed by atoms with Crippen molar-refractivity contribution in [2.45, 2.75) is 32.9 Å². The zero-order valence-corrected chi connectivity index (χ0v) is 16.0. The monoisotopic (exact) mass is 380 g/mol. The first kappa shape index (κ1) is 17.4. The van der Waals surface area contributed by atoms with E-state index in [1.165, 1.54) is 23.2 Å². The normalized spacial score (nSPS) is 12.4. The van der Waals surface area contributed by atoms with Crippen LogP contribution in [0.25, 0.3) is 16.2 Å². The number of nitrogens with one attached hydrogen (secondary N) is 1. The van der Waals surface area contributed by atoms with Crippen LogP contribution in [0, 0.1) is 0 Å². The van der Waals surface area contributed by atoms with E-state index in [4.69, 9.17) is 0 Å². The van der Waals surface area contributed by atoms with E-state index < -0.39 is 0 Å². The maximum absolute atomic E-state index is 12.7. The quantitative estimate of drug-likeness (QED) is 0.558. The minimum atomic E-state index is -0.126. The van der Waals surface area contributed by atoms with Crippen LogP contribution in [-0.2, 0) is 13.0 Å². The van der Waals surface area contributed by atoms with Crippen molar-refractivity contribution in [1.29, 1.82) is 0 Å². The molecule has 1 atom stereocenters. The molecule has 0 spiro atoms. The molecule has 138 valence electrons. The Morgan fingerprint density at radius 1 is 1.30 bits per heavy atom. The Balaban J connectivity index is 1.53. The average Bonchev–Trinajstić information content (AvgIpc) is 3.38. The Kier molecular flexibility index (Phi) is 4.72. The van der Waals surface area contributed by atoms with E-state index in [2.05, 4.69) is 51.6 Å². The van der Waals surface area contributed by atoms with E-state index in [1.54, 1.807) is 11.0 Å². The van der Waals surface area contributed by atoms with Gasteiger partial charge in [0.05, 0.1) is 12.2 Å². The second-order valence-corrected chi connectivity index (χ2v) is 7.28. The fraction of sp³-hybridized carbons (Fsp3) is 0.263. The van der Waals surface area contributed by atoms with Gasteiger partial charge in [0.15, 0.2) is 4.96 Å². The molecule has 1 aromatic carbocycles. The van der Waals surface area contributed by atoms with Crippen molar-refractivity contribution in [3.8, 4) is 11.3 Å². The van der Waals surface area contributed by atoms with Gasteiger partial charge in [-0.25, -0.2) is 9.97 Å². The molecule has 0 saturated heterocycles. The summed E-state index contributed by atoms with van der Waals surface area (Å²) in [6.45, 7) is 4.64. The van der Waals surface area contributed by atoms with Crippen LogP contribution in [0.5, 0.6) is 0 Å². The van der Waals surface area contributed by atoms with Gasteiger partial charge in [-0.3, -0.25) is 13.9 Å². The lowest BCUT2D eigenvalue weighted by molar-refractivity contribution is 0.0930. The van der Waals surface area contributed by atoms with Crippen LogP contribution >= 0.6 is 11.3 Å². The van der Waals surface area contributed by atoms with Gasteiger partial charge in [-0.2, -0.15) is 5.10 Å². The SMILES string of the molecule is CCc1ccc(-c2cn3c(C(=O)N[C@H](C)Cn4cncn4)csc3n2)cc1. The van der Waals surface area contributed by atoms with Crippen LogP contribution in [0.15, 0.2) is 48.5 Å². The zero-order chi connectivity index (χ0) is 18.8. The van der Waals surface area contributed by atoms with Crippen molar-refractivity contribution >= 4 is 22.2 Å². The number of hydrogen-bond acceptors (Lipinski definition) is 5. The number of aromatic nitrogens is 5. The number of hydrogen-bond donors (Lipinski definition) is 1. The highest BCUT2D eigenvalue weighted by Gasteiger charge is 2.17. The van der Waals surface area contributed by atoms with Gasteiger partial charge in [0.25, 0.3) is 5.91 Å². The summed E-state index contributed by atoms with van der Waals surface area (Å²) in [6.07, 6.45) is 6.05. The predicted molar refractivity (Wildman–Crippen MR) is 105 cm³/mol. The molecule has 0 aliphatic heterocycles. The lowest BCUT2D eigenvalue weighted by Gasteiger charge is -2.13. The molecule has 8 heteroatoms. The summed E-state index contributed by atoms with van der Waals surface area (Å²) < 4.78 is 3.55. The Hall–Kier alpha value is -3.00. The predicted octanol–water partition coefficient (Wildman–Crippen LogP) is 3.04. The molecular formula is C19H20N6OS. The topological polar surface area (TPSA) is 77.1 Å². The highest BCUT2D eigenvalue weighted by molar-refractivity contribution is 7.15. The standard InChI is InChI=1S/C19H20N6OS/c1-3-14-4-6-15(7-5-14)16-9-25-17(10-27-19(25)23-16)18(26)22-13(2)8-24-12-20-11-21-24/h4-7,9-13H,3,8H2,1-2H3,(H,22,26)/t13-/m1/s1. The van der Waals surface area contributed by atoms with Crippen molar-refractivity contribution in [2.24, 2.45) is 0 Å². The first-order chi connectivity index (χ1) is 13.1. The molecule has 3 aromatic heterocycles. The highest BCUT2D eigenvalue weighted by atomic mass is 32.1. The summed E-state index contributed by atoms with van der Waals surface area (Å²) in [5.41, 5.74) is 3.80. The molecule has 4 aromatic rings. The van der Waals surface area contributed by atoms with E-state index in [0.717, 1.165) is 22.6 Å². The molecule has 7 nitrogen and oxygen atoms in total. The van der Waals surface area contributed by atoms with Crippen LogP contribution in [0.2, 0.25) is 0 Å². The summed E-state index contributed by atoms with van der Waals surface area (Å²) in [5, 5.41) is 8.91. The molecule has 27 heavy (non-hydrogen) atoms. The molecule has 0 aliphatic carbocycles. The minimum Gasteiger partial charge on any atom is -0.346 e. The Morgan fingerprint density at radius 3 is 2.81 bits per heavy atom. The van der Waals surface area contributed by atoms with E-state index in [0.29, 0.717) is 12.2 Å². The number of imidazole rings is 1. The Labute approximate surface area is 160 Å². The van der Waals surface area contributed by atoms with E-state index in [1.807, 2.05) is 22.9 Å². The van der Waals surface area contributed by atoms with Gasteiger partial charge >= 0.3 is 0 Å². The number of amides is 1. The van der Waals surface area contributed by atoms with Crippen LogP contribution in [0.3, 0.4) is 0 Å². The van der Waals surface area contributed by atoms with E-state index in [9.17, 15) is 4.79 Å². The van der Waals surface area contributed by atoms with E-state index in [-0.39, 0.29) is 11.9 Å². The summed E-state index contributed by atoms with van der Waals surface area (Å²) in [6, 6.07) is 8.31. The second-order valence-electron chi connectivity index (χ2n) is 6.44. The number of rotatable bonds is 6. The zero-order valence-electron chi connectivity index (χ0n) is 15.2.